The number of benzene rings is 1. The molecule has 0 radical (unpaired) electrons. The van der Waals surface area contributed by atoms with Crippen molar-refractivity contribution in [2.45, 2.75) is 32.9 Å². The minimum atomic E-state index is -0.0416. The Morgan fingerprint density at radius 3 is 2.64 bits per heavy atom. The standard InChI is InChI=1S/C20H22N4O/c1-15-5-3-4-6-18(15)13-16(2)23-20(25)14-24-19(9-12-22-24)17-7-10-21-11-8-17/h3-12,16H,13-14H2,1-2H3,(H,23,25). The monoisotopic (exact) mass is 334 g/mol. The molecule has 128 valence electrons. The largest absolute Gasteiger partial charge is 0.352 e. The summed E-state index contributed by atoms with van der Waals surface area (Å²) in [6.07, 6.45) is 5.99. The summed E-state index contributed by atoms with van der Waals surface area (Å²) in [5, 5.41) is 7.33. The van der Waals surface area contributed by atoms with E-state index in [4.69, 9.17) is 0 Å². The van der Waals surface area contributed by atoms with Crippen LogP contribution < -0.4 is 5.32 Å². The van der Waals surface area contributed by atoms with Crippen LogP contribution in [0, 0.1) is 6.92 Å². The zero-order chi connectivity index (χ0) is 17.6. The SMILES string of the molecule is Cc1ccccc1CC(C)NC(=O)Cn1nccc1-c1ccncc1. The first-order chi connectivity index (χ1) is 12.1. The molecule has 0 spiro atoms. The molecule has 0 fully saturated rings. The van der Waals surface area contributed by atoms with Crippen molar-refractivity contribution in [1.82, 2.24) is 20.1 Å². The van der Waals surface area contributed by atoms with Crippen molar-refractivity contribution < 1.29 is 4.79 Å². The Labute approximate surface area is 147 Å². The van der Waals surface area contributed by atoms with Gasteiger partial charge < -0.3 is 5.32 Å². The minimum absolute atomic E-state index is 0.0416. The minimum Gasteiger partial charge on any atom is -0.352 e. The molecule has 1 unspecified atom stereocenters. The Morgan fingerprint density at radius 1 is 1.12 bits per heavy atom. The van der Waals surface area contributed by atoms with Crippen molar-refractivity contribution in [1.29, 1.82) is 0 Å². The van der Waals surface area contributed by atoms with E-state index in [0.29, 0.717) is 0 Å². The van der Waals surface area contributed by atoms with Crippen LogP contribution in [0.2, 0.25) is 0 Å². The molecular formula is C20H22N4O. The number of aryl methyl sites for hydroxylation is 1. The van der Waals surface area contributed by atoms with Crippen molar-refractivity contribution in [3.63, 3.8) is 0 Å². The summed E-state index contributed by atoms with van der Waals surface area (Å²) in [7, 11) is 0. The average molecular weight is 334 g/mol. The van der Waals surface area contributed by atoms with E-state index in [0.717, 1.165) is 17.7 Å². The molecule has 0 aliphatic heterocycles. The lowest BCUT2D eigenvalue weighted by atomic mass is 10.0. The number of nitrogens with one attached hydrogen (secondary N) is 1. The average Bonchev–Trinajstić information content (AvgIpc) is 3.05. The van der Waals surface area contributed by atoms with Gasteiger partial charge in [0.1, 0.15) is 6.54 Å². The summed E-state index contributed by atoms with van der Waals surface area (Å²) < 4.78 is 1.71. The summed E-state index contributed by atoms with van der Waals surface area (Å²) in [4.78, 5) is 16.4. The third kappa shape index (κ3) is 4.32. The first kappa shape index (κ1) is 16.9. The maximum absolute atomic E-state index is 12.4. The first-order valence-electron chi connectivity index (χ1n) is 8.39. The molecule has 2 heterocycles. The van der Waals surface area contributed by atoms with Crippen LogP contribution in [0.25, 0.3) is 11.3 Å². The van der Waals surface area contributed by atoms with Gasteiger partial charge in [-0.2, -0.15) is 5.10 Å². The number of carbonyl (C=O) groups excluding carboxylic acids is 1. The number of carbonyl (C=O) groups is 1. The molecule has 0 saturated carbocycles. The molecule has 3 aromatic rings. The van der Waals surface area contributed by atoms with Crippen LogP contribution >= 0.6 is 0 Å². The van der Waals surface area contributed by atoms with E-state index in [1.54, 1.807) is 23.3 Å². The van der Waals surface area contributed by atoms with Crippen LogP contribution in [-0.2, 0) is 17.8 Å². The quantitative estimate of drug-likeness (QED) is 0.754. The van der Waals surface area contributed by atoms with Crippen molar-refractivity contribution in [3.05, 3.63) is 72.2 Å². The smallest absolute Gasteiger partial charge is 0.241 e. The molecule has 0 bridgehead atoms. The second-order valence-electron chi connectivity index (χ2n) is 6.21. The summed E-state index contributed by atoms with van der Waals surface area (Å²) in [5.41, 5.74) is 4.40. The van der Waals surface area contributed by atoms with Crippen LogP contribution in [0.1, 0.15) is 18.1 Å². The van der Waals surface area contributed by atoms with E-state index in [1.807, 2.05) is 37.3 Å². The molecule has 0 aliphatic carbocycles. The molecule has 2 aromatic heterocycles. The molecule has 25 heavy (non-hydrogen) atoms. The predicted molar refractivity (Wildman–Crippen MR) is 97.9 cm³/mol. The fourth-order valence-electron chi connectivity index (χ4n) is 2.90. The van der Waals surface area contributed by atoms with Gasteiger partial charge in [-0.05, 0) is 49.6 Å². The Kier molecular flexibility index (Phi) is 5.23. The molecule has 5 heteroatoms. The van der Waals surface area contributed by atoms with Gasteiger partial charge in [0.05, 0.1) is 5.69 Å². The number of hydrogen-bond acceptors (Lipinski definition) is 3. The van der Waals surface area contributed by atoms with Gasteiger partial charge >= 0.3 is 0 Å². The Balaban J connectivity index is 1.62. The van der Waals surface area contributed by atoms with Crippen molar-refractivity contribution in [2.75, 3.05) is 0 Å². The summed E-state index contributed by atoms with van der Waals surface area (Å²) in [5.74, 6) is -0.0416. The van der Waals surface area contributed by atoms with Crippen LogP contribution in [0.3, 0.4) is 0 Å². The van der Waals surface area contributed by atoms with E-state index >= 15 is 0 Å². The molecule has 1 atom stereocenters. The second-order valence-corrected chi connectivity index (χ2v) is 6.21. The summed E-state index contributed by atoms with van der Waals surface area (Å²) in [6, 6.07) is 14.0. The third-order valence-electron chi connectivity index (χ3n) is 4.18. The maximum atomic E-state index is 12.4. The predicted octanol–water partition coefficient (Wildman–Crippen LogP) is 3.00. The van der Waals surface area contributed by atoms with E-state index in [2.05, 4.69) is 34.5 Å². The zero-order valence-corrected chi connectivity index (χ0v) is 14.5. The van der Waals surface area contributed by atoms with E-state index in [9.17, 15) is 4.79 Å². The van der Waals surface area contributed by atoms with Crippen LogP contribution in [-0.4, -0.2) is 26.7 Å². The molecule has 5 nitrogen and oxygen atoms in total. The molecule has 0 aliphatic rings. The van der Waals surface area contributed by atoms with Crippen LogP contribution in [0.5, 0.6) is 0 Å². The van der Waals surface area contributed by atoms with Gasteiger partial charge in [0, 0.05) is 30.2 Å². The van der Waals surface area contributed by atoms with Crippen molar-refractivity contribution >= 4 is 5.91 Å². The van der Waals surface area contributed by atoms with Gasteiger partial charge in [-0.15, -0.1) is 0 Å². The molecule has 1 aromatic carbocycles. The van der Waals surface area contributed by atoms with Crippen LogP contribution in [0.4, 0.5) is 0 Å². The molecule has 0 saturated heterocycles. The molecule has 1 N–H and O–H groups in total. The second kappa shape index (κ2) is 7.75. The van der Waals surface area contributed by atoms with E-state index in [1.165, 1.54) is 11.1 Å². The van der Waals surface area contributed by atoms with Crippen LogP contribution in [0.15, 0.2) is 61.1 Å². The number of aromatic nitrogens is 3. The van der Waals surface area contributed by atoms with Gasteiger partial charge in [-0.3, -0.25) is 14.5 Å². The highest BCUT2D eigenvalue weighted by atomic mass is 16.2. The van der Waals surface area contributed by atoms with Crippen molar-refractivity contribution in [2.24, 2.45) is 0 Å². The fraction of sp³-hybridized carbons (Fsp3) is 0.250. The lowest BCUT2D eigenvalue weighted by Crippen LogP contribution is -2.36. The molecular weight excluding hydrogens is 312 g/mol. The van der Waals surface area contributed by atoms with Gasteiger partial charge in [0.2, 0.25) is 5.91 Å². The van der Waals surface area contributed by atoms with Gasteiger partial charge in [-0.25, -0.2) is 0 Å². The highest BCUT2D eigenvalue weighted by Gasteiger charge is 2.12. The fourth-order valence-corrected chi connectivity index (χ4v) is 2.90. The zero-order valence-electron chi connectivity index (χ0n) is 14.5. The van der Waals surface area contributed by atoms with E-state index in [-0.39, 0.29) is 18.5 Å². The van der Waals surface area contributed by atoms with Crippen molar-refractivity contribution in [3.8, 4) is 11.3 Å². The molecule has 1 amide bonds. The number of pyridine rings is 1. The maximum Gasteiger partial charge on any atom is 0.241 e. The lowest BCUT2D eigenvalue weighted by molar-refractivity contribution is -0.122. The Bertz CT molecular complexity index is 842. The molecule has 3 rings (SSSR count). The number of nitrogens with zero attached hydrogens (tertiary/aromatic N) is 3. The van der Waals surface area contributed by atoms with E-state index < -0.39 is 0 Å². The Hall–Kier alpha value is -2.95. The highest BCUT2D eigenvalue weighted by molar-refractivity contribution is 5.76. The number of hydrogen-bond donors (Lipinski definition) is 1. The Morgan fingerprint density at radius 2 is 1.88 bits per heavy atom. The van der Waals surface area contributed by atoms with Gasteiger partial charge in [-0.1, -0.05) is 24.3 Å². The first-order valence-corrected chi connectivity index (χ1v) is 8.39. The topological polar surface area (TPSA) is 59.8 Å². The lowest BCUT2D eigenvalue weighted by Gasteiger charge is -2.16. The van der Waals surface area contributed by atoms with Gasteiger partial charge in [0.15, 0.2) is 0 Å². The normalized spacial score (nSPS) is 11.9. The van der Waals surface area contributed by atoms with Gasteiger partial charge in [0.25, 0.3) is 0 Å². The highest BCUT2D eigenvalue weighted by Crippen LogP contribution is 2.17. The summed E-state index contributed by atoms with van der Waals surface area (Å²) in [6.45, 7) is 4.31. The summed E-state index contributed by atoms with van der Waals surface area (Å²) >= 11 is 0. The number of rotatable bonds is 6. The number of amides is 1. The third-order valence-corrected chi connectivity index (χ3v) is 4.18.